The van der Waals surface area contributed by atoms with Gasteiger partial charge in [0.1, 0.15) is 5.82 Å². The number of nitrogen functional groups attached to an aromatic ring is 1. The van der Waals surface area contributed by atoms with Crippen molar-refractivity contribution < 1.29 is 13.9 Å². The van der Waals surface area contributed by atoms with Gasteiger partial charge in [-0.2, -0.15) is 0 Å². The first-order valence-electron chi connectivity index (χ1n) is 6.19. The van der Waals surface area contributed by atoms with Crippen LogP contribution in [-0.4, -0.2) is 5.91 Å². The second-order valence-electron chi connectivity index (χ2n) is 4.67. The van der Waals surface area contributed by atoms with Gasteiger partial charge in [0.15, 0.2) is 0 Å². The molecule has 4 nitrogen and oxygen atoms in total. The van der Waals surface area contributed by atoms with Crippen molar-refractivity contribution in [1.82, 2.24) is 0 Å². The standard InChI is InChI=1S/C15H13FN2O2/c16-13-6-12(17)3-4-14(13)18-15(19)9-1-2-10-7-20-8-11(10)5-9/h1-6H,7-8,17H2,(H,18,19). The summed E-state index contributed by atoms with van der Waals surface area (Å²) in [6.07, 6.45) is 0. The molecule has 0 fully saturated rings. The Kier molecular flexibility index (Phi) is 3.12. The number of benzene rings is 2. The number of amides is 1. The Labute approximate surface area is 115 Å². The number of hydrogen-bond acceptors (Lipinski definition) is 3. The van der Waals surface area contributed by atoms with Gasteiger partial charge in [0.25, 0.3) is 5.91 Å². The van der Waals surface area contributed by atoms with Gasteiger partial charge in [-0.05, 0) is 41.5 Å². The summed E-state index contributed by atoms with van der Waals surface area (Å²) >= 11 is 0. The van der Waals surface area contributed by atoms with Gasteiger partial charge >= 0.3 is 0 Å². The first kappa shape index (κ1) is 12.6. The van der Waals surface area contributed by atoms with Crippen molar-refractivity contribution in [2.75, 3.05) is 11.1 Å². The molecule has 0 unspecified atom stereocenters. The Morgan fingerprint density at radius 3 is 2.75 bits per heavy atom. The average molecular weight is 272 g/mol. The van der Waals surface area contributed by atoms with Gasteiger partial charge in [-0.3, -0.25) is 4.79 Å². The fourth-order valence-corrected chi connectivity index (χ4v) is 2.14. The maximum atomic E-state index is 13.6. The molecule has 3 N–H and O–H groups in total. The van der Waals surface area contributed by atoms with E-state index >= 15 is 0 Å². The van der Waals surface area contributed by atoms with E-state index in [0.717, 1.165) is 11.1 Å². The molecule has 2 aromatic carbocycles. The van der Waals surface area contributed by atoms with Crippen molar-refractivity contribution in [1.29, 1.82) is 0 Å². The fraction of sp³-hybridized carbons (Fsp3) is 0.133. The number of fused-ring (bicyclic) bond motifs is 1. The van der Waals surface area contributed by atoms with Crippen LogP contribution in [0.3, 0.4) is 0 Å². The summed E-state index contributed by atoms with van der Waals surface area (Å²) in [4.78, 5) is 12.1. The second kappa shape index (κ2) is 4.94. The lowest BCUT2D eigenvalue weighted by Gasteiger charge is -2.08. The zero-order valence-electron chi connectivity index (χ0n) is 10.7. The van der Waals surface area contributed by atoms with E-state index in [0.29, 0.717) is 24.5 Å². The highest BCUT2D eigenvalue weighted by Crippen LogP contribution is 2.22. The molecule has 102 valence electrons. The van der Waals surface area contributed by atoms with E-state index in [2.05, 4.69) is 5.32 Å². The van der Waals surface area contributed by atoms with E-state index < -0.39 is 5.82 Å². The number of carbonyl (C=O) groups excluding carboxylic acids is 1. The third kappa shape index (κ3) is 2.35. The van der Waals surface area contributed by atoms with Crippen LogP contribution in [0, 0.1) is 5.82 Å². The first-order chi connectivity index (χ1) is 9.63. The van der Waals surface area contributed by atoms with Crippen molar-refractivity contribution in [3.05, 3.63) is 58.9 Å². The maximum Gasteiger partial charge on any atom is 0.255 e. The van der Waals surface area contributed by atoms with Crippen LogP contribution in [0.25, 0.3) is 0 Å². The van der Waals surface area contributed by atoms with Crippen LogP contribution in [0.15, 0.2) is 36.4 Å². The van der Waals surface area contributed by atoms with Crippen molar-refractivity contribution in [3.8, 4) is 0 Å². The van der Waals surface area contributed by atoms with E-state index in [1.807, 2.05) is 6.07 Å². The van der Waals surface area contributed by atoms with Crippen LogP contribution in [0.2, 0.25) is 0 Å². The Hall–Kier alpha value is -2.40. The Morgan fingerprint density at radius 1 is 1.15 bits per heavy atom. The molecule has 0 spiro atoms. The first-order valence-corrected chi connectivity index (χ1v) is 6.19. The predicted octanol–water partition coefficient (Wildman–Crippen LogP) is 2.69. The minimum atomic E-state index is -0.553. The third-order valence-corrected chi connectivity index (χ3v) is 3.22. The van der Waals surface area contributed by atoms with Crippen LogP contribution in [0.5, 0.6) is 0 Å². The van der Waals surface area contributed by atoms with Crippen molar-refractivity contribution in [2.45, 2.75) is 13.2 Å². The number of ether oxygens (including phenoxy) is 1. The molecular weight excluding hydrogens is 259 g/mol. The molecule has 1 amide bonds. The molecule has 0 bridgehead atoms. The summed E-state index contributed by atoms with van der Waals surface area (Å²) in [5, 5.41) is 2.53. The number of halogens is 1. The summed E-state index contributed by atoms with van der Waals surface area (Å²) in [5.74, 6) is -0.911. The van der Waals surface area contributed by atoms with Gasteiger partial charge in [0, 0.05) is 11.3 Å². The maximum absolute atomic E-state index is 13.6. The number of carbonyl (C=O) groups is 1. The smallest absolute Gasteiger partial charge is 0.255 e. The quantitative estimate of drug-likeness (QED) is 0.826. The molecule has 1 heterocycles. The van der Waals surface area contributed by atoms with Crippen molar-refractivity contribution in [3.63, 3.8) is 0 Å². The fourth-order valence-electron chi connectivity index (χ4n) is 2.14. The molecule has 0 radical (unpaired) electrons. The van der Waals surface area contributed by atoms with E-state index in [-0.39, 0.29) is 11.6 Å². The molecule has 0 aliphatic carbocycles. The monoisotopic (exact) mass is 272 g/mol. The van der Waals surface area contributed by atoms with Gasteiger partial charge in [-0.15, -0.1) is 0 Å². The van der Waals surface area contributed by atoms with Crippen LogP contribution in [-0.2, 0) is 18.0 Å². The van der Waals surface area contributed by atoms with Crippen molar-refractivity contribution >= 4 is 17.3 Å². The summed E-state index contributed by atoms with van der Waals surface area (Å²) < 4.78 is 18.9. The number of nitrogens with one attached hydrogen (secondary N) is 1. The van der Waals surface area contributed by atoms with Gasteiger partial charge in [-0.1, -0.05) is 6.07 Å². The normalized spacial score (nSPS) is 13.1. The molecule has 5 heteroatoms. The molecule has 2 aromatic rings. The number of nitrogens with two attached hydrogens (primary N) is 1. The largest absolute Gasteiger partial charge is 0.399 e. The summed E-state index contributed by atoms with van der Waals surface area (Å²) in [6, 6.07) is 9.49. The van der Waals surface area contributed by atoms with E-state index in [9.17, 15) is 9.18 Å². The zero-order valence-corrected chi connectivity index (χ0v) is 10.7. The highest BCUT2D eigenvalue weighted by atomic mass is 19.1. The lowest BCUT2D eigenvalue weighted by Crippen LogP contribution is -2.13. The molecular formula is C15H13FN2O2. The summed E-state index contributed by atoms with van der Waals surface area (Å²) in [6.45, 7) is 1.08. The molecule has 3 rings (SSSR count). The lowest BCUT2D eigenvalue weighted by molar-refractivity contribution is 0.102. The van der Waals surface area contributed by atoms with Gasteiger partial charge in [0.05, 0.1) is 18.9 Å². The van der Waals surface area contributed by atoms with E-state index in [4.69, 9.17) is 10.5 Å². The minimum absolute atomic E-state index is 0.112. The molecule has 1 aliphatic rings. The Balaban J connectivity index is 1.82. The molecule has 20 heavy (non-hydrogen) atoms. The lowest BCUT2D eigenvalue weighted by atomic mass is 10.1. The highest BCUT2D eigenvalue weighted by molar-refractivity contribution is 6.04. The van der Waals surface area contributed by atoms with E-state index in [1.54, 1.807) is 12.1 Å². The van der Waals surface area contributed by atoms with Crippen LogP contribution >= 0.6 is 0 Å². The van der Waals surface area contributed by atoms with Crippen LogP contribution in [0.1, 0.15) is 21.5 Å². The molecule has 0 aromatic heterocycles. The topological polar surface area (TPSA) is 64.3 Å². The summed E-state index contributed by atoms with van der Waals surface area (Å²) in [7, 11) is 0. The zero-order chi connectivity index (χ0) is 14.1. The second-order valence-corrected chi connectivity index (χ2v) is 4.67. The predicted molar refractivity (Wildman–Crippen MR) is 73.7 cm³/mol. The highest BCUT2D eigenvalue weighted by Gasteiger charge is 2.15. The van der Waals surface area contributed by atoms with Gasteiger partial charge < -0.3 is 15.8 Å². The van der Waals surface area contributed by atoms with Crippen LogP contribution in [0.4, 0.5) is 15.8 Å². The molecule has 1 aliphatic heterocycles. The SMILES string of the molecule is Nc1ccc(NC(=O)c2ccc3c(c2)COC3)c(F)c1. The summed E-state index contributed by atoms with van der Waals surface area (Å²) in [5.41, 5.74) is 8.45. The Morgan fingerprint density at radius 2 is 1.95 bits per heavy atom. The minimum Gasteiger partial charge on any atom is -0.399 e. The molecule has 0 atom stereocenters. The average Bonchev–Trinajstić information content (AvgIpc) is 2.89. The number of rotatable bonds is 2. The van der Waals surface area contributed by atoms with Gasteiger partial charge in [0.2, 0.25) is 0 Å². The van der Waals surface area contributed by atoms with E-state index in [1.165, 1.54) is 18.2 Å². The molecule has 0 saturated carbocycles. The molecule has 0 saturated heterocycles. The van der Waals surface area contributed by atoms with Gasteiger partial charge in [-0.25, -0.2) is 4.39 Å². The number of hydrogen-bond donors (Lipinski definition) is 2. The Bertz CT molecular complexity index is 686. The number of anilines is 2. The van der Waals surface area contributed by atoms with Crippen molar-refractivity contribution in [2.24, 2.45) is 0 Å². The third-order valence-electron chi connectivity index (χ3n) is 3.22. The van der Waals surface area contributed by atoms with Crippen LogP contribution < -0.4 is 11.1 Å².